The molecule has 0 aliphatic carbocycles. The van der Waals surface area contributed by atoms with Gasteiger partial charge in [-0.2, -0.15) is 0 Å². The topological polar surface area (TPSA) is 29.3 Å². The lowest BCUT2D eigenvalue weighted by atomic mass is 9.87. The number of halogens is 1. The third-order valence-corrected chi connectivity index (χ3v) is 4.78. The van der Waals surface area contributed by atoms with Crippen LogP contribution in [0.25, 0.3) is 0 Å². The van der Waals surface area contributed by atoms with Gasteiger partial charge in [-0.05, 0) is 38.4 Å². The van der Waals surface area contributed by atoms with Gasteiger partial charge in [0.2, 0.25) is 0 Å². The fourth-order valence-electron chi connectivity index (χ4n) is 2.89. The van der Waals surface area contributed by atoms with Gasteiger partial charge in [0, 0.05) is 23.1 Å². The van der Waals surface area contributed by atoms with Crippen molar-refractivity contribution < 1.29 is 0 Å². The average molecular weight is 283 g/mol. The molecule has 0 heterocycles. The predicted molar refractivity (Wildman–Crippen MR) is 84.6 cm³/mol. The molecule has 0 bridgehead atoms. The molecule has 0 amide bonds. The summed E-state index contributed by atoms with van der Waals surface area (Å²) in [6, 6.07) is 8.34. The molecular weight excluding hydrogens is 256 g/mol. The molecule has 19 heavy (non-hydrogen) atoms. The minimum Gasteiger partial charge on any atom is -0.329 e. The molecular formula is C16H27ClN2. The first-order chi connectivity index (χ1) is 9.02. The Labute approximate surface area is 122 Å². The highest BCUT2D eigenvalue weighted by atomic mass is 35.5. The summed E-state index contributed by atoms with van der Waals surface area (Å²) < 4.78 is 0. The zero-order valence-electron chi connectivity index (χ0n) is 12.6. The van der Waals surface area contributed by atoms with E-state index in [4.69, 9.17) is 17.3 Å². The normalized spacial score (nSPS) is 16.4. The summed E-state index contributed by atoms with van der Waals surface area (Å²) >= 11 is 6.32. The van der Waals surface area contributed by atoms with Crippen LogP contribution in [0.2, 0.25) is 5.02 Å². The van der Waals surface area contributed by atoms with Gasteiger partial charge >= 0.3 is 0 Å². The SMILES string of the molecule is CCCC(CC)(CN)N(C)C(C)c1ccccc1Cl. The lowest BCUT2D eigenvalue weighted by Crippen LogP contribution is -2.52. The molecule has 1 aromatic rings. The lowest BCUT2D eigenvalue weighted by Gasteiger charge is -2.44. The molecule has 2 atom stereocenters. The molecule has 2 nitrogen and oxygen atoms in total. The molecule has 0 radical (unpaired) electrons. The van der Waals surface area contributed by atoms with Crippen LogP contribution in [-0.2, 0) is 0 Å². The van der Waals surface area contributed by atoms with Gasteiger partial charge in [-0.1, -0.05) is 50.1 Å². The van der Waals surface area contributed by atoms with E-state index in [9.17, 15) is 0 Å². The Balaban J connectivity index is 3.03. The molecule has 0 saturated carbocycles. The summed E-state index contributed by atoms with van der Waals surface area (Å²) in [7, 11) is 2.17. The summed E-state index contributed by atoms with van der Waals surface area (Å²) in [5.41, 5.74) is 7.32. The molecule has 0 aromatic heterocycles. The monoisotopic (exact) mass is 282 g/mol. The Hall–Kier alpha value is -0.570. The summed E-state index contributed by atoms with van der Waals surface area (Å²) in [6.07, 6.45) is 3.32. The zero-order valence-corrected chi connectivity index (χ0v) is 13.4. The van der Waals surface area contributed by atoms with Crippen LogP contribution in [0.4, 0.5) is 0 Å². The Kier molecular flexibility index (Phi) is 6.31. The molecule has 3 heteroatoms. The summed E-state index contributed by atoms with van der Waals surface area (Å²) in [6.45, 7) is 7.33. The highest BCUT2D eigenvalue weighted by molar-refractivity contribution is 6.31. The molecule has 0 aliphatic rings. The van der Waals surface area contributed by atoms with Crippen LogP contribution >= 0.6 is 11.6 Å². The molecule has 0 spiro atoms. The number of hydrogen-bond donors (Lipinski definition) is 1. The number of likely N-dealkylation sites (N-methyl/N-ethyl adjacent to an activating group) is 1. The third-order valence-electron chi connectivity index (χ3n) is 4.44. The second kappa shape index (κ2) is 7.28. The quantitative estimate of drug-likeness (QED) is 0.810. The Morgan fingerprint density at radius 3 is 2.42 bits per heavy atom. The van der Waals surface area contributed by atoms with E-state index in [-0.39, 0.29) is 11.6 Å². The van der Waals surface area contributed by atoms with Gasteiger partial charge in [0.15, 0.2) is 0 Å². The molecule has 1 rings (SSSR count). The van der Waals surface area contributed by atoms with Crippen molar-refractivity contribution in [3.63, 3.8) is 0 Å². The maximum absolute atomic E-state index is 6.32. The molecule has 0 aliphatic heterocycles. The van der Waals surface area contributed by atoms with Crippen molar-refractivity contribution in [2.45, 2.75) is 51.6 Å². The molecule has 2 N–H and O–H groups in total. The van der Waals surface area contributed by atoms with E-state index in [2.05, 4.69) is 38.8 Å². The van der Waals surface area contributed by atoms with Gasteiger partial charge in [-0.15, -0.1) is 0 Å². The van der Waals surface area contributed by atoms with Crippen LogP contribution < -0.4 is 5.73 Å². The highest BCUT2D eigenvalue weighted by Gasteiger charge is 2.34. The highest BCUT2D eigenvalue weighted by Crippen LogP contribution is 2.34. The number of nitrogens with zero attached hydrogens (tertiary/aromatic N) is 1. The van der Waals surface area contributed by atoms with Crippen molar-refractivity contribution in [3.8, 4) is 0 Å². The van der Waals surface area contributed by atoms with Gasteiger partial charge in [0.25, 0.3) is 0 Å². The van der Waals surface area contributed by atoms with Crippen molar-refractivity contribution in [3.05, 3.63) is 34.9 Å². The van der Waals surface area contributed by atoms with Gasteiger partial charge in [-0.3, -0.25) is 4.90 Å². The molecule has 0 fully saturated rings. The van der Waals surface area contributed by atoms with Gasteiger partial charge in [0.1, 0.15) is 0 Å². The van der Waals surface area contributed by atoms with Gasteiger partial charge in [0.05, 0.1) is 0 Å². The van der Waals surface area contributed by atoms with Crippen LogP contribution in [0.5, 0.6) is 0 Å². The van der Waals surface area contributed by atoms with E-state index in [0.29, 0.717) is 6.54 Å². The van der Waals surface area contributed by atoms with Crippen molar-refractivity contribution >= 4 is 11.6 Å². The van der Waals surface area contributed by atoms with Crippen molar-refractivity contribution in [1.82, 2.24) is 4.90 Å². The van der Waals surface area contributed by atoms with E-state index >= 15 is 0 Å². The fraction of sp³-hybridized carbons (Fsp3) is 0.625. The first-order valence-electron chi connectivity index (χ1n) is 7.19. The fourth-order valence-corrected chi connectivity index (χ4v) is 3.19. The molecule has 0 saturated heterocycles. The van der Waals surface area contributed by atoms with Crippen molar-refractivity contribution in [2.24, 2.45) is 5.73 Å². The van der Waals surface area contributed by atoms with Crippen molar-refractivity contribution in [1.29, 1.82) is 0 Å². The minimum absolute atomic E-state index is 0.0628. The standard InChI is InChI=1S/C16H27ClN2/c1-5-11-16(6-2,12-18)19(4)13(3)14-9-7-8-10-15(14)17/h7-10,13H,5-6,11-12,18H2,1-4H3. The predicted octanol–water partition coefficient (Wildman–Crippen LogP) is 4.24. The maximum Gasteiger partial charge on any atom is 0.0453 e. The molecule has 108 valence electrons. The van der Waals surface area contributed by atoms with Gasteiger partial charge < -0.3 is 5.73 Å². The maximum atomic E-state index is 6.32. The van der Waals surface area contributed by atoms with Crippen LogP contribution in [-0.4, -0.2) is 24.0 Å². The first kappa shape index (κ1) is 16.5. The lowest BCUT2D eigenvalue weighted by molar-refractivity contribution is 0.0708. The smallest absolute Gasteiger partial charge is 0.0453 e. The van der Waals surface area contributed by atoms with Crippen LogP contribution in [0.15, 0.2) is 24.3 Å². The second-order valence-electron chi connectivity index (χ2n) is 5.34. The summed E-state index contributed by atoms with van der Waals surface area (Å²) in [5, 5.41) is 0.834. The number of hydrogen-bond acceptors (Lipinski definition) is 2. The second-order valence-corrected chi connectivity index (χ2v) is 5.75. The van der Waals surface area contributed by atoms with E-state index in [1.807, 2.05) is 18.2 Å². The average Bonchev–Trinajstić information content (AvgIpc) is 2.44. The van der Waals surface area contributed by atoms with Gasteiger partial charge in [-0.25, -0.2) is 0 Å². The Morgan fingerprint density at radius 2 is 1.95 bits per heavy atom. The van der Waals surface area contributed by atoms with Crippen LogP contribution in [0.1, 0.15) is 51.6 Å². The van der Waals surface area contributed by atoms with E-state index in [1.54, 1.807) is 0 Å². The minimum atomic E-state index is 0.0628. The largest absolute Gasteiger partial charge is 0.329 e. The summed E-state index contributed by atoms with van der Waals surface area (Å²) in [4.78, 5) is 2.40. The van der Waals surface area contributed by atoms with E-state index in [1.165, 1.54) is 5.56 Å². The summed E-state index contributed by atoms with van der Waals surface area (Å²) in [5.74, 6) is 0. The first-order valence-corrected chi connectivity index (χ1v) is 7.57. The number of nitrogens with two attached hydrogens (primary N) is 1. The van der Waals surface area contributed by atoms with E-state index < -0.39 is 0 Å². The molecule has 2 unspecified atom stereocenters. The van der Waals surface area contributed by atoms with Crippen LogP contribution in [0, 0.1) is 0 Å². The molecule has 1 aromatic carbocycles. The van der Waals surface area contributed by atoms with Crippen LogP contribution in [0.3, 0.4) is 0 Å². The zero-order chi connectivity index (χ0) is 14.5. The number of benzene rings is 1. The Morgan fingerprint density at radius 1 is 1.32 bits per heavy atom. The Bertz CT molecular complexity index is 388. The van der Waals surface area contributed by atoms with Crippen molar-refractivity contribution in [2.75, 3.05) is 13.6 Å². The number of rotatable bonds is 7. The third kappa shape index (κ3) is 3.50. The van der Waals surface area contributed by atoms with E-state index in [0.717, 1.165) is 24.3 Å².